The fraction of sp³-hybridized carbons (Fsp3) is 0.190. The van der Waals surface area contributed by atoms with Gasteiger partial charge in [-0.05, 0) is 31.1 Å². The molecule has 0 spiro atoms. The van der Waals surface area contributed by atoms with Crippen LogP contribution in [0.4, 0.5) is 0 Å². The number of hydrogen-bond acceptors (Lipinski definition) is 4. The van der Waals surface area contributed by atoms with E-state index in [1.165, 1.54) is 12.2 Å². The summed E-state index contributed by atoms with van der Waals surface area (Å²) in [5, 5.41) is 3.16. The number of carbonyl (C=O) groups excluding carboxylic acids is 2. The molecule has 0 unspecified atom stereocenters. The van der Waals surface area contributed by atoms with Crippen molar-refractivity contribution in [3.8, 4) is 0 Å². The highest BCUT2D eigenvalue weighted by Gasteiger charge is 2.30. The average Bonchev–Trinajstić information content (AvgIpc) is 3.46. The minimum atomic E-state index is -1.00. The molecule has 7 heteroatoms. The Morgan fingerprint density at radius 1 is 1.18 bits per heavy atom. The molecular formula is C21H18ClN3O3. The van der Waals surface area contributed by atoms with Crippen LogP contribution < -0.4 is 5.32 Å². The Kier molecular flexibility index (Phi) is 5.12. The Labute approximate surface area is 166 Å². The van der Waals surface area contributed by atoms with Gasteiger partial charge in [-0.2, -0.15) is 0 Å². The van der Waals surface area contributed by atoms with Gasteiger partial charge >= 0.3 is 5.97 Å². The van der Waals surface area contributed by atoms with Crippen LogP contribution in [0, 0.1) is 0 Å². The Balaban J connectivity index is 1.53. The van der Waals surface area contributed by atoms with Crippen LogP contribution in [-0.4, -0.2) is 27.3 Å². The van der Waals surface area contributed by atoms with Crippen molar-refractivity contribution in [2.24, 2.45) is 0 Å². The van der Waals surface area contributed by atoms with Gasteiger partial charge in [-0.15, -0.1) is 0 Å². The van der Waals surface area contributed by atoms with Crippen LogP contribution in [0.3, 0.4) is 0 Å². The van der Waals surface area contributed by atoms with Crippen molar-refractivity contribution in [3.63, 3.8) is 0 Å². The molecule has 0 saturated heterocycles. The Morgan fingerprint density at radius 3 is 2.68 bits per heavy atom. The molecule has 3 aromatic rings. The highest BCUT2D eigenvalue weighted by Crippen LogP contribution is 2.24. The van der Waals surface area contributed by atoms with Gasteiger partial charge in [0.05, 0.1) is 5.69 Å². The molecule has 142 valence electrons. The number of nitrogens with zero attached hydrogens (tertiary/aromatic N) is 2. The van der Waals surface area contributed by atoms with Gasteiger partial charge in [-0.1, -0.05) is 48.0 Å². The van der Waals surface area contributed by atoms with Gasteiger partial charge in [0.15, 0.2) is 5.15 Å². The van der Waals surface area contributed by atoms with E-state index in [-0.39, 0.29) is 17.1 Å². The molecule has 1 aliphatic rings. The lowest BCUT2D eigenvalue weighted by Gasteiger charge is -2.17. The number of nitrogens with one attached hydrogen (secondary N) is 1. The zero-order chi connectivity index (χ0) is 19.5. The highest BCUT2D eigenvalue weighted by atomic mass is 35.5. The molecule has 2 heterocycles. The van der Waals surface area contributed by atoms with E-state index in [1.807, 2.05) is 24.3 Å². The summed E-state index contributed by atoms with van der Waals surface area (Å²) < 4.78 is 7.23. The summed E-state index contributed by atoms with van der Waals surface area (Å²) in [4.78, 5) is 29.2. The number of benzene rings is 1. The Morgan fingerprint density at radius 2 is 1.93 bits per heavy atom. The lowest BCUT2D eigenvalue weighted by atomic mass is 10.1. The first-order chi connectivity index (χ1) is 13.6. The highest BCUT2D eigenvalue weighted by molar-refractivity contribution is 6.31. The third-order valence-corrected chi connectivity index (χ3v) is 4.68. The Hall–Kier alpha value is -3.12. The summed E-state index contributed by atoms with van der Waals surface area (Å²) in [5.74, 6) is -0.954. The van der Waals surface area contributed by atoms with E-state index < -0.39 is 12.1 Å². The number of aromatic nitrogens is 2. The summed E-state index contributed by atoms with van der Waals surface area (Å²) in [6.45, 7) is 0. The lowest BCUT2D eigenvalue weighted by molar-refractivity contribution is -0.151. The largest absolute Gasteiger partial charge is 0.444 e. The number of pyridine rings is 1. The predicted octanol–water partition coefficient (Wildman–Crippen LogP) is 3.56. The van der Waals surface area contributed by atoms with E-state index >= 15 is 0 Å². The maximum absolute atomic E-state index is 12.5. The molecule has 0 bridgehead atoms. The van der Waals surface area contributed by atoms with Crippen molar-refractivity contribution in [3.05, 3.63) is 77.2 Å². The molecule has 1 atom stereocenters. The minimum Gasteiger partial charge on any atom is -0.444 e. The number of fused-ring (bicyclic) bond motifs is 1. The van der Waals surface area contributed by atoms with Crippen LogP contribution in [0.5, 0.6) is 0 Å². The first kappa shape index (κ1) is 18.3. The summed E-state index contributed by atoms with van der Waals surface area (Å²) in [5.41, 5.74) is 1.86. The maximum atomic E-state index is 12.5. The monoisotopic (exact) mass is 395 g/mol. The fourth-order valence-electron chi connectivity index (χ4n) is 2.84. The van der Waals surface area contributed by atoms with E-state index in [4.69, 9.17) is 16.3 Å². The van der Waals surface area contributed by atoms with Crippen molar-refractivity contribution in [2.45, 2.75) is 25.0 Å². The van der Waals surface area contributed by atoms with Crippen LogP contribution in [0.1, 0.15) is 30.2 Å². The van der Waals surface area contributed by atoms with Crippen LogP contribution >= 0.6 is 11.6 Å². The van der Waals surface area contributed by atoms with Gasteiger partial charge < -0.3 is 10.1 Å². The zero-order valence-corrected chi connectivity index (χ0v) is 15.7. The van der Waals surface area contributed by atoms with Crippen LogP contribution in [0.25, 0.3) is 11.7 Å². The number of esters is 1. The first-order valence-corrected chi connectivity index (χ1v) is 9.36. The second-order valence-corrected chi connectivity index (χ2v) is 6.92. The summed E-state index contributed by atoms with van der Waals surface area (Å²) in [6.07, 6.45) is 5.49. The number of amides is 1. The normalized spacial score (nSPS) is 14.9. The molecule has 1 saturated carbocycles. The topological polar surface area (TPSA) is 72.7 Å². The van der Waals surface area contributed by atoms with E-state index in [2.05, 4.69) is 10.3 Å². The molecule has 1 aliphatic carbocycles. The van der Waals surface area contributed by atoms with Crippen molar-refractivity contribution in [1.29, 1.82) is 0 Å². The van der Waals surface area contributed by atoms with Crippen molar-refractivity contribution in [2.75, 3.05) is 0 Å². The SMILES string of the molecule is O=C(/C=C/c1c(Cl)nc2ccccn12)O[C@@H](C(=O)NC1CC1)c1ccccc1. The lowest BCUT2D eigenvalue weighted by Crippen LogP contribution is -2.33. The van der Waals surface area contributed by atoms with Gasteiger partial charge in [0.2, 0.25) is 6.10 Å². The molecular weight excluding hydrogens is 378 g/mol. The molecule has 1 amide bonds. The molecule has 0 radical (unpaired) electrons. The minimum absolute atomic E-state index is 0.171. The third-order valence-electron chi connectivity index (χ3n) is 4.40. The number of hydrogen-bond donors (Lipinski definition) is 1. The van der Waals surface area contributed by atoms with Crippen molar-refractivity contribution in [1.82, 2.24) is 14.7 Å². The van der Waals surface area contributed by atoms with Crippen LogP contribution in [0.15, 0.2) is 60.8 Å². The molecule has 1 aromatic carbocycles. The van der Waals surface area contributed by atoms with E-state index in [0.29, 0.717) is 16.9 Å². The van der Waals surface area contributed by atoms with Crippen LogP contribution in [-0.2, 0) is 14.3 Å². The van der Waals surface area contributed by atoms with Gasteiger partial charge in [0, 0.05) is 23.9 Å². The number of rotatable bonds is 6. The fourth-order valence-corrected chi connectivity index (χ4v) is 3.08. The van der Waals surface area contributed by atoms with Crippen LogP contribution in [0.2, 0.25) is 5.15 Å². The standard InChI is InChI=1S/C21H18ClN3O3/c22-20-16(25-13-5-4-8-17(25)24-20)11-12-18(26)28-19(14-6-2-1-3-7-14)21(27)23-15-9-10-15/h1-8,11-13,15,19H,9-10H2,(H,23,27)/b12-11+/t19-/m1/s1. The zero-order valence-electron chi connectivity index (χ0n) is 14.9. The van der Waals surface area contributed by atoms with E-state index in [0.717, 1.165) is 12.8 Å². The second-order valence-electron chi connectivity index (χ2n) is 6.56. The number of carbonyl (C=O) groups is 2. The quantitative estimate of drug-likeness (QED) is 0.511. The van der Waals surface area contributed by atoms with Gasteiger partial charge in [-0.3, -0.25) is 9.20 Å². The molecule has 2 aromatic heterocycles. The summed E-state index contributed by atoms with van der Waals surface area (Å²) in [7, 11) is 0. The van der Waals surface area contributed by atoms with Gasteiger partial charge in [-0.25, -0.2) is 9.78 Å². The van der Waals surface area contributed by atoms with Gasteiger partial charge in [0.1, 0.15) is 5.65 Å². The molecule has 4 rings (SSSR count). The van der Waals surface area contributed by atoms with Crippen molar-refractivity contribution >= 4 is 35.2 Å². The van der Waals surface area contributed by atoms with Crippen molar-refractivity contribution < 1.29 is 14.3 Å². The van der Waals surface area contributed by atoms with E-state index in [1.54, 1.807) is 34.9 Å². The molecule has 6 nitrogen and oxygen atoms in total. The average molecular weight is 396 g/mol. The summed E-state index contributed by atoms with van der Waals surface area (Å²) >= 11 is 6.17. The maximum Gasteiger partial charge on any atom is 0.331 e. The predicted molar refractivity (Wildman–Crippen MR) is 106 cm³/mol. The Bertz CT molecular complexity index is 1040. The molecule has 1 N–H and O–H groups in total. The van der Waals surface area contributed by atoms with E-state index in [9.17, 15) is 9.59 Å². The number of imidazole rings is 1. The molecule has 1 fully saturated rings. The van der Waals surface area contributed by atoms with Gasteiger partial charge in [0.25, 0.3) is 5.91 Å². The first-order valence-electron chi connectivity index (χ1n) is 8.98. The second kappa shape index (κ2) is 7.86. The molecule has 28 heavy (non-hydrogen) atoms. The smallest absolute Gasteiger partial charge is 0.331 e. The number of ether oxygens (including phenoxy) is 1. The summed E-state index contributed by atoms with van der Waals surface area (Å²) in [6, 6.07) is 14.6. The number of halogens is 1. The molecule has 0 aliphatic heterocycles. The third kappa shape index (κ3) is 4.07.